The van der Waals surface area contributed by atoms with Crippen molar-refractivity contribution in [1.29, 1.82) is 0 Å². The zero-order chi connectivity index (χ0) is 18.8. The third kappa shape index (κ3) is 9.13. The smallest absolute Gasteiger partial charge is 0.326 e. The molecule has 0 saturated heterocycles. The van der Waals surface area contributed by atoms with Crippen molar-refractivity contribution in [3.63, 3.8) is 0 Å². The average Bonchev–Trinajstić information content (AvgIpc) is 2.48. The van der Waals surface area contributed by atoms with E-state index >= 15 is 0 Å². The van der Waals surface area contributed by atoms with E-state index in [1.54, 1.807) is 18.2 Å². The number of aliphatic carboxylic acids is 1. The fourth-order valence-corrected chi connectivity index (χ4v) is 2.61. The topological polar surface area (TPSA) is 143 Å². The number of carbonyl (C=O) groups excluding carboxylic acids is 1. The number of aliphatic imine (C=N–C) groups is 1. The number of nitrogens with zero attached hydrogens (tertiary/aromatic N) is 1. The number of carboxylic acids is 1. The maximum absolute atomic E-state index is 11.9. The second kappa shape index (κ2) is 10.8. The van der Waals surface area contributed by atoms with E-state index in [0.29, 0.717) is 29.6 Å². The van der Waals surface area contributed by atoms with Crippen LogP contribution in [0.4, 0.5) is 0 Å². The first-order chi connectivity index (χ1) is 11.8. The fourth-order valence-electron chi connectivity index (χ4n) is 2.04. The molecule has 0 aliphatic rings. The number of nitrogens with one attached hydrogen (secondary N) is 2. The van der Waals surface area contributed by atoms with E-state index in [4.69, 9.17) is 39.8 Å². The first kappa shape index (κ1) is 21.0. The molecule has 1 rings (SSSR count). The minimum absolute atomic E-state index is 0.0399. The van der Waals surface area contributed by atoms with Gasteiger partial charge >= 0.3 is 5.97 Å². The van der Waals surface area contributed by atoms with Gasteiger partial charge in [-0.1, -0.05) is 23.2 Å². The molecule has 138 valence electrons. The number of carbonyl (C=O) groups is 2. The lowest BCUT2D eigenvalue weighted by atomic mass is 10.1. The summed E-state index contributed by atoms with van der Waals surface area (Å²) in [5, 5.41) is 15.5. The Morgan fingerprint density at radius 1 is 1.20 bits per heavy atom. The Morgan fingerprint density at radius 3 is 2.40 bits per heavy atom. The minimum Gasteiger partial charge on any atom is -0.480 e. The first-order valence-corrected chi connectivity index (χ1v) is 8.26. The normalized spacial score (nSPS) is 11.6. The highest BCUT2D eigenvalue weighted by atomic mass is 35.5. The third-order valence-electron chi connectivity index (χ3n) is 3.12. The molecule has 1 amide bonds. The molecule has 0 aromatic heterocycles. The molecule has 0 aliphatic carbocycles. The van der Waals surface area contributed by atoms with Crippen molar-refractivity contribution in [2.45, 2.75) is 25.4 Å². The van der Waals surface area contributed by atoms with Crippen molar-refractivity contribution < 1.29 is 14.7 Å². The summed E-state index contributed by atoms with van der Waals surface area (Å²) in [6.45, 7) is 0.632. The number of amides is 1. The molecule has 10 heteroatoms. The summed E-state index contributed by atoms with van der Waals surface area (Å²) in [6, 6.07) is 4.06. The van der Waals surface area contributed by atoms with Gasteiger partial charge in [-0.2, -0.15) is 0 Å². The fraction of sp³-hybridized carbons (Fsp3) is 0.400. The van der Waals surface area contributed by atoms with Crippen LogP contribution in [0.3, 0.4) is 0 Å². The molecule has 0 radical (unpaired) electrons. The lowest BCUT2D eigenvalue weighted by Gasteiger charge is -2.14. The lowest BCUT2D eigenvalue weighted by Crippen LogP contribution is -2.44. The largest absolute Gasteiger partial charge is 0.480 e. The third-order valence-corrected chi connectivity index (χ3v) is 3.55. The van der Waals surface area contributed by atoms with Gasteiger partial charge in [0.05, 0.1) is 6.54 Å². The molecule has 0 bridgehead atoms. The average molecular weight is 390 g/mol. The molecule has 0 saturated carbocycles. The predicted molar refractivity (Wildman–Crippen MR) is 97.6 cm³/mol. The van der Waals surface area contributed by atoms with Gasteiger partial charge in [0.15, 0.2) is 5.96 Å². The van der Waals surface area contributed by atoms with Crippen molar-refractivity contribution in [1.82, 2.24) is 10.6 Å². The minimum atomic E-state index is -1.11. The van der Waals surface area contributed by atoms with Crippen molar-refractivity contribution in [3.8, 4) is 0 Å². The Morgan fingerprint density at radius 2 is 1.84 bits per heavy atom. The quantitative estimate of drug-likeness (QED) is 0.226. The monoisotopic (exact) mass is 389 g/mol. The summed E-state index contributed by atoms with van der Waals surface area (Å²) in [7, 11) is 0. The maximum Gasteiger partial charge on any atom is 0.326 e. The molecule has 1 aromatic rings. The van der Waals surface area contributed by atoms with E-state index in [0.717, 1.165) is 5.56 Å². The van der Waals surface area contributed by atoms with Crippen LogP contribution in [0.15, 0.2) is 23.2 Å². The number of nitrogens with two attached hydrogens (primary N) is 2. The molecule has 0 aliphatic heterocycles. The van der Waals surface area contributed by atoms with Crippen LogP contribution in [0.5, 0.6) is 0 Å². The number of hydrogen-bond donors (Lipinski definition) is 5. The van der Waals surface area contributed by atoms with Crippen molar-refractivity contribution >= 4 is 41.0 Å². The van der Waals surface area contributed by atoms with Crippen molar-refractivity contribution in [2.24, 2.45) is 16.5 Å². The molecule has 1 atom stereocenters. The van der Waals surface area contributed by atoms with E-state index in [9.17, 15) is 9.59 Å². The molecule has 0 fully saturated rings. The number of hydrogen-bond acceptors (Lipinski definition) is 4. The Hall–Kier alpha value is -2.03. The molecule has 0 spiro atoms. The van der Waals surface area contributed by atoms with Crippen molar-refractivity contribution in [2.75, 3.05) is 13.1 Å². The summed E-state index contributed by atoms with van der Waals surface area (Å²) in [4.78, 5) is 26.8. The number of carboxylic acid groups (broad SMARTS) is 1. The van der Waals surface area contributed by atoms with Gasteiger partial charge in [0.25, 0.3) is 0 Å². The van der Waals surface area contributed by atoms with Crippen molar-refractivity contribution in [3.05, 3.63) is 33.8 Å². The molecule has 0 unspecified atom stereocenters. The van der Waals surface area contributed by atoms with Gasteiger partial charge in [-0.25, -0.2) is 4.79 Å². The van der Waals surface area contributed by atoms with Crippen LogP contribution in [0.1, 0.15) is 18.4 Å². The zero-order valence-electron chi connectivity index (χ0n) is 13.5. The van der Waals surface area contributed by atoms with E-state index in [1.807, 2.05) is 0 Å². The molecule has 1 aromatic carbocycles. The van der Waals surface area contributed by atoms with Crippen LogP contribution in [-0.4, -0.2) is 42.1 Å². The first-order valence-electron chi connectivity index (χ1n) is 7.51. The molecule has 7 N–H and O–H groups in total. The highest BCUT2D eigenvalue weighted by Gasteiger charge is 2.19. The maximum atomic E-state index is 11.9. The van der Waals surface area contributed by atoms with Gasteiger partial charge in [-0.3, -0.25) is 9.79 Å². The number of guanidine groups is 1. The molecular weight excluding hydrogens is 369 g/mol. The molecular formula is C15H21Cl2N5O3. The van der Waals surface area contributed by atoms with Crippen LogP contribution in [-0.2, 0) is 16.1 Å². The highest BCUT2D eigenvalue weighted by molar-refractivity contribution is 6.34. The SMILES string of the molecule is NC(N)=NCCC[C@H](NC(=O)CNCc1cc(Cl)cc(Cl)c1)C(=O)O. The number of halogens is 2. The second-order valence-corrected chi connectivity index (χ2v) is 6.16. The van der Waals surface area contributed by atoms with Gasteiger partial charge in [-0.05, 0) is 36.6 Å². The van der Waals surface area contributed by atoms with Gasteiger partial charge in [0.1, 0.15) is 6.04 Å². The van der Waals surface area contributed by atoms with Crippen LogP contribution in [0, 0.1) is 0 Å². The lowest BCUT2D eigenvalue weighted by molar-refractivity contribution is -0.141. The molecule has 25 heavy (non-hydrogen) atoms. The number of rotatable bonds is 10. The van der Waals surface area contributed by atoms with Gasteiger partial charge in [0.2, 0.25) is 5.91 Å². The zero-order valence-corrected chi connectivity index (χ0v) is 15.0. The van der Waals surface area contributed by atoms with Gasteiger partial charge in [0, 0.05) is 23.1 Å². The van der Waals surface area contributed by atoms with Gasteiger partial charge < -0.3 is 27.2 Å². The predicted octanol–water partition coefficient (Wildman–Crippen LogP) is 0.706. The summed E-state index contributed by atoms with van der Waals surface area (Å²) < 4.78 is 0. The highest BCUT2D eigenvalue weighted by Crippen LogP contribution is 2.18. The van der Waals surface area contributed by atoms with E-state index in [2.05, 4.69) is 15.6 Å². The van der Waals surface area contributed by atoms with Crippen LogP contribution >= 0.6 is 23.2 Å². The van der Waals surface area contributed by atoms with Crippen LogP contribution < -0.4 is 22.1 Å². The van der Waals surface area contributed by atoms with E-state index < -0.39 is 17.9 Å². The molecule has 8 nitrogen and oxygen atoms in total. The summed E-state index contributed by atoms with van der Waals surface area (Å²) in [6.07, 6.45) is 0.658. The number of benzene rings is 1. The summed E-state index contributed by atoms with van der Waals surface area (Å²) in [5.41, 5.74) is 11.2. The van der Waals surface area contributed by atoms with E-state index in [-0.39, 0.29) is 18.9 Å². The summed E-state index contributed by atoms with van der Waals surface area (Å²) in [5.74, 6) is -1.59. The Kier molecular flexibility index (Phi) is 9.04. The van der Waals surface area contributed by atoms with E-state index in [1.165, 1.54) is 0 Å². The Bertz CT molecular complexity index is 615. The Labute approximate surface area is 155 Å². The van der Waals surface area contributed by atoms with Crippen LogP contribution in [0.25, 0.3) is 0 Å². The van der Waals surface area contributed by atoms with Gasteiger partial charge in [-0.15, -0.1) is 0 Å². The standard InChI is InChI=1S/C15H21Cl2N5O3/c16-10-4-9(5-11(17)6-10)7-20-8-13(23)22-12(14(24)25)2-1-3-21-15(18)19/h4-6,12,20H,1-3,7-8H2,(H,22,23)(H,24,25)(H4,18,19,21)/t12-/m0/s1. The summed E-state index contributed by atoms with van der Waals surface area (Å²) >= 11 is 11.8. The Balaban J connectivity index is 2.39. The van der Waals surface area contributed by atoms with Crippen LogP contribution in [0.2, 0.25) is 10.0 Å². The molecule has 0 heterocycles. The second-order valence-electron chi connectivity index (χ2n) is 5.29.